The summed E-state index contributed by atoms with van der Waals surface area (Å²) in [4.78, 5) is 22.5. The van der Waals surface area contributed by atoms with Crippen molar-refractivity contribution in [2.24, 2.45) is 0 Å². The van der Waals surface area contributed by atoms with Crippen molar-refractivity contribution < 1.29 is 19.6 Å². The molecule has 0 aliphatic heterocycles. The SMILES string of the molecule is CCOc1cc(N(C)CCC(=O)O)ccc1[N+](=O)[O-]. The maximum Gasteiger partial charge on any atom is 0.311 e. The van der Waals surface area contributed by atoms with Gasteiger partial charge in [-0.2, -0.15) is 0 Å². The summed E-state index contributed by atoms with van der Waals surface area (Å²) in [6, 6.07) is 4.48. The Morgan fingerprint density at radius 3 is 2.74 bits per heavy atom. The van der Waals surface area contributed by atoms with Crippen LogP contribution in [0, 0.1) is 10.1 Å². The van der Waals surface area contributed by atoms with Crippen molar-refractivity contribution in [3.63, 3.8) is 0 Å². The molecule has 0 atom stereocenters. The monoisotopic (exact) mass is 268 g/mol. The number of carbonyl (C=O) groups is 1. The molecule has 0 saturated carbocycles. The lowest BCUT2D eigenvalue weighted by molar-refractivity contribution is -0.385. The van der Waals surface area contributed by atoms with Gasteiger partial charge in [0, 0.05) is 31.4 Å². The Labute approximate surface area is 110 Å². The highest BCUT2D eigenvalue weighted by molar-refractivity contribution is 5.68. The van der Waals surface area contributed by atoms with E-state index in [1.807, 2.05) is 0 Å². The maximum atomic E-state index is 10.8. The number of carboxylic acid groups (broad SMARTS) is 1. The van der Waals surface area contributed by atoms with Gasteiger partial charge < -0.3 is 14.7 Å². The second-order valence-corrected chi connectivity index (χ2v) is 3.91. The first-order valence-electron chi connectivity index (χ1n) is 5.80. The van der Waals surface area contributed by atoms with Crippen LogP contribution in [0.25, 0.3) is 0 Å². The molecule has 7 nitrogen and oxygen atoms in total. The minimum absolute atomic E-state index is 0.00252. The molecule has 1 N–H and O–H groups in total. The molecule has 0 aliphatic rings. The van der Waals surface area contributed by atoms with E-state index in [9.17, 15) is 14.9 Å². The predicted octanol–water partition coefficient (Wildman–Crippen LogP) is 1.90. The zero-order chi connectivity index (χ0) is 14.4. The second kappa shape index (κ2) is 6.58. The van der Waals surface area contributed by atoms with Crippen LogP contribution in [0.15, 0.2) is 18.2 Å². The normalized spacial score (nSPS) is 10.0. The van der Waals surface area contributed by atoms with E-state index in [0.717, 1.165) is 0 Å². The highest BCUT2D eigenvalue weighted by Gasteiger charge is 2.16. The van der Waals surface area contributed by atoms with Crippen LogP contribution in [0.2, 0.25) is 0 Å². The molecule has 1 aromatic carbocycles. The predicted molar refractivity (Wildman–Crippen MR) is 69.8 cm³/mol. The van der Waals surface area contributed by atoms with Crippen molar-refractivity contribution in [2.45, 2.75) is 13.3 Å². The quantitative estimate of drug-likeness (QED) is 0.599. The summed E-state index contributed by atoms with van der Waals surface area (Å²) in [5.41, 5.74) is 0.576. The van der Waals surface area contributed by atoms with Gasteiger partial charge in [-0.1, -0.05) is 0 Å². The van der Waals surface area contributed by atoms with Crippen molar-refractivity contribution in [1.29, 1.82) is 0 Å². The number of ether oxygens (including phenoxy) is 1. The van der Waals surface area contributed by atoms with E-state index in [0.29, 0.717) is 18.8 Å². The van der Waals surface area contributed by atoms with Gasteiger partial charge in [-0.3, -0.25) is 14.9 Å². The van der Waals surface area contributed by atoms with Crippen LogP contribution in [-0.4, -0.2) is 36.2 Å². The Morgan fingerprint density at radius 1 is 1.53 bits per heavy atom. The van der Waals surface area contributed by atoms with Crippen molar-refractivity contribution in [3.8, 4) is 5.75 Å². The van der Waals surface area contributed by atoms with Crippen LogP contribution in [0.5, 0.6) is 5.75 Å². The molecule has 0 spiro atoms. The third-order valence-electron chi connectivity index (χ3n) is 2.54. The van der Waals surface area contributed by atoms with E-state index in [4.69, 9.17) is 9.84 Å². The van der Waals surface area contributed by atoms with Gasteiger partial charge in [-0.25, -0.2) is 0 Å². The number of anilines is 1. The molecule has 0 unspecified atom stereocenters. The number of carboxylic acids is 1. The Kier molecular flexibility index (Phi) is 5.11. The standard InChI is InChI=1S/C12H16N2O5/c1-3-19-11-8-9(4-5-10(11)14(17)18)13(2)7-6-12(15)16/h4-5,8H,3,6-7H2,1-2H3,(H,15,16). The van der Waals surface area contributed by atoms with E-state index in [-0.39, 0.29) is 17.9 Å². The molecule has 0 fully saturated rings. The van der Waals surface area contributed by atoms with Crippen molar-refractivity contribution in [2.75, 3.05) is 25.1 Å². The highest BCUT2D eigenvalue weighted by Crippen LogP contribution is 2.31. The molecule has 7 heteroatoms. The van der Waals surface area contributed by atoms with E-state index in [1.165, 1.54) is 6.07 Å². The van der Waals surface area contributed by atoms with Crippen LogP contribution in [-0.2, 0) is 4.79 Å². The van der Waals surface area contributed by atoms with Gasteiger partial charge in [0.2, 0.25) is 0 Å². The molecule has 1 rings (SSSR count). The van der Waals surface area contributed by atoms with Gasteiger partial charge in [0.25, 0.3) is 0 Å². The number of nitrogens with zero attached hydrogens (tertiary/aromatic N) is 2. The van der Waals surface area contributed by atoms with Gasteiger partial charge in [0.1, 0.15) is 0 Å². The topological polar surface area (TPSA) is 92.9 Å². The van der Waals surface area contributed by atoms with E-state index >= 15 is 0 Å². The van der Waals surface area contributed by atoms with Gasteiger partial charge in [0.15, 0.2) is 5.75 Å². The van der Waals surface area contributed by atoms with Crippen LogP contribution in [0.1, 0.15) is 13.3 Å². The lowest BCUT2D eigenvalue weighted by Gasteiger charge is -2.19. The van der Waals surface area contributed by atoms with Crippen LogP contribution in [0.4, 0.5) is 11.4 Å². The molecule has 0 aromatic heterocycles. The fraction of sp³-hybridized carbons (Fsp3) is 0.417. The Bertz CT molecular complexity index is 475. The molecule has 0 heterocycles. The van der Waals surface area contributed by atoms with Crippen molar-refractivity contribution >= 4 is 17.3 Å². The van der Waals surface area contributed by atoms with Crippen LogP contribution in [0.3, 0.4) is 0 Å². The number of rotatable bonds is 7. The smallest absolute Gasteiger partial charge is 0.311 e. The third kappa shape index (κ3) is 4.13. The first-order valence-corrected chi connectivity index (χ1v) is 5.80. The highest BCUT2D eigenvalue weighted by atomic mass is 16.6. The minimum atomic E-state index is -0.890. The molecule has 104 valence electrons. The van der Waals surface area contributed by atoms with E-state index in [2.05, 4.69) is 0 Å². The lowest BCUT2D eigenvalue weighted by Crippen LogP contribution is -2.21. The number of nitro benzene ring substituents is 1. The Balaban J connectivity index is 2.93. The van der Waals surface area contributed by atoms with Crippen LogP contribution < -0.4 is 9.64 Å². The molecular weight excluding hydrogens is 252 g/mol. The van der Waals surface area contributed by atoms with E-state index < -0.39 is 10.9 Å². The summed E-state index contributed by atoms with van der Waals surface area (Å²) < 4.78 is 5.23. The Morgan fingerprint density at radius 2 is 2.21 bits per heavy atom. The fourth-order valence-electron chi connectivity index (χ4n) is 1.55. The first kappa shape index (κ1) is 14.7. The first-order chi connectivity index (χ1) is 8.95. The maximum absolute atomic E-state index is 10.8. The van der Waals surface area contributed by atoms with Gasteiger partial charge in [-0.05, 0) is 13.0 Å². The summed E-state index contributed by atoms with van der Waals surface area (Å²) >= 11 is 0. The van der Waals surface area contributed by atoms with Crippen LogP contribution >= 0.6 is 0 Å². The molecular formula is C12H16N2O5. The number of aliphatic carboxylic acids is 1. The average molecular weight is 268 g/mol. The number of benzene rings is 1. The van der Waals surface area contributed by atoms with Crippen molar-refractivity contribution in [1.82, 2.24) is 0 Å². The molecule has 1 aromatic rings. The largest absolute Gasteiger partial charge is 0.487 e. The number of hydrogen-bond acceptors (Lipinski definition) is 5. The summed E-state index contributed by atoms with van der Waals surface area (Å²) in [5, 5.41) is 19.5. The van der Waals surface area contributed by atoms with Gasteiger partial charge in [0.05, 0.1) is 18.0 Å². The zero-order valence-electron chi connectivity index (χ0n) is 10.8. The van der Waals surface area contributed by atoms with Gasteiger partial charge >= 0.3 is 11.7 Å². The second-order valence-electron chi connectivity index (χ2n) is 3.91. The summed E-state index contributed by atoms with van der Waals surface area (Å²) in [7, 11) is 1.72. The van der Waals surface area contributed by atoms with E-state index in [1.54, 1.807) is 31.0 Å². The summed E-state index contributed by atoms with van der Waals surface area (Å²) in [6.45, 7) is 2.38. The molecule has 0 saturated heterocycles. The van der Waals surface area contributed by atoms with Crippen molar-refractivity contribution in [3.05, 3.63) is 28.3 Å². The zero-order valence-corrected chi connectivity index (χ0v) is 10.8. The molecule has 0 bridgehead atoms. The molecule has 0 aliphatic carbocycles. The molecule has 19 heavy (non-hydrogen) atoms. The lowest BCUT2D eigenvalue weighted by atomic mass is 10.2. The van der Waals surface area contributed by atoms with Gasteiger partial charge in [-0.15, -0.1) is 0 Å². The molecule has 0 radical (unpaired) electrons. The number of hydrogen-bond donors (Lipinski definition) is 1. The molecule has 0 amide bonds. The third-order valence-corrected chi connectivity index (χ3v) is 2.54. The summed E-state index contributed by atoms with van der Waals surface area (Å²) in [5.74, 6) is -0.703. The fourth-order valence-corrected chi connectivity index (χ4v) is 1.55. The summed E-state index contributed by atoms with van der Waals surface area (Å²) in [6.07, 6.45) is -0.00252. The Hall–Kier alpha value is -2.31. The minimum Gasteiger partial charge on any atom is -0.487 e. The average Bonchev–Trinajstić information content (AvgIpc) is 2.35. The number of nitro groups is 1.